The zero-order valence-electron chi connectivity index (χ0n) is 15.2. The topological polar surface area (TPSA) is 26.0 Å². The molecule has 26 heavy (non-hydrogen) atoms. The summed E-state index contributed by atoms with van der Waals surface area (Å²) in [6.07, 6.45) is 8.69. The second kappa shape index (κ2) is 6.28. The van der Waals surface area contributed by atoms with Crippen LogP contribution in [0.2, 0.25) is 0 Å². The summed E-state index contributed by atoms with van der Waals surface area (Å²) in [4.78, 5) is 4.64. The number of hydrogen-bond donors (Lipinski definition) is 0. The average molecular weight is 341 g/mol. The van der Waals surface area contributed by atoms with Gasteiger partial charge in [0.2, 0.25) is 0 Å². The molecule has 4 aromatic rings. The van der Waals surface area contributed by atoms with Gasteiger partial charge in [0.15, 0.2) is 0 Å². The summed E-state index contributed by atoms with van der Waals surface area (Å²) >= 11 is 0. The Kier molecular flexibility index (Phi) is 3.77. The first-order chi connectivity index (χ1) is 12.8. The van der Waals surface area contributed by atoms with Crippen LogP contribution < -0.4 is 0 Å². The highest BCUT2D eigenvalue weighted by Gasteiger charge is 2.16. The summed E-state index contributed by atoms with van der Waals surface area (Å²) in [5, 5.41) is 2.35. The van der Waals surface area contributed by atoms with Gasteiger partial charge in [-0.25, -0.2) is 0 Å². The van der Waals surface area contributed by atoms with Crippen molar-refractivity contribution >= 4 is 21.9 Å². The second-order valence-corrected chi connectivity index (χ2v) is 7.72. The lowest BCUT2D eigenvalue weighted by atomic mass is 9.97. The standard InChI is InChI=1S/C24H23NO/c1-16-6-8-23-20(12-16)21-15-19(7-9-24(21)26-23)22-14-18(10-11-25-22)13-17-4-2-3-5-17/h6-12,14-15,17H,2-5,13H2,1H3. The molecule has 2 nitrogen and oxygen atoms in total. The summed E-state index contributed by atoms with van der Waals surface area (Å²) in [5.41, 5.74) is 6.78. The fourth-order valence-electron chi connectivity index (χ4n) is 4.36. The van der Waals surface area contributed by atoms with E-state index in [1.54, 1.807) is 0 Å². The van der Waals surface area contributed by atoms with Crippen LogP contribution in [0, 0.1) is 12.8 Å². The van der Waals surface area contributed by atoms with Gasteiger partial charge in [-0.15, -0.1) is 0 Å². The first-order valence-corrected chi connectivity index (χ1v) is 9.64. The van der Waals surface area contributed by atoms with Gasteiger partial charge in [-0.05, 0) is 67.3 Å². The molecule has 0 N–H and O–H groups in total. The fraction of sp³-hybridized carbons (Fsp3) is 0.292. The Labute approximate surface area is 153 Å². The Morgan fingerprint density at radius 2 is 1.69 bits per heavy atom. The molecule has 0 bridgehead atoms. The van der Waals surface area contributed by atoms with Crippen molar-refractivity contribution in [2.24, 2.45) is 5.92 Å². The summed E-state index contributed by atoms with van der Waals surface area (Å²) in [6, 6.07) is 17.2. The van der Waals surface area contributed by atoms with Crippen LogP contribution in [0.3, 0.4) is 0 Å². The van der Waals surface area contributed by atoms with Crippen molar-refractivity contribution in [3.8, 4) is 11.3 Å². The van der Waals surface area contributed by atoms with Crippen LogP contribution in [-0.4, -0.2) is 4.98 Å². The van der Waals surface area contributed by atoms with Crippen molar-refractivity contribution in [1.82, 2.24) is 4.98 Å². The van der Waals surface area contributed by atoms with Gasteiger partial charge >= 0.3 is 0 Å². The van der Waals surface area contributed by atoms with E-state index in [4.69, 9.17) is 4.42 Å². The van der Waals surface area contributed by atoms with Gasteiger partial charge in [0.05, 0.1) is 5.69 Å². The molecule has 1 saturated carbocycles. The molecule has 0 unspecified atom stereocenters. The van der Waals surface area contributed by atoms with Crippen molar-refractivity contribution < 1.29 is 4.42 Å². The van der Waals surface area contributed by atoms with Crippen LogP contribution in [0.5, 0.6) is 0 Å². The minimum Gasteiger partial charge on any atom is -0.456 e. The van der Waals surface area contributed by atoms with Gasteiger partial charge in [-0.1, -0.05) is 37.3 Å². The zero-order chi connectivity index (χ0) is 17.5. The number of fused-ring (bicyclic) bond motifs is 3. The number of hydrogen-bond acceptors (Lipinski definition) is 2. The molecule has 1 aliphatic rings. The molecule has 1 aliphatic carbocycles. The molecule has 0 amide bonds. The maximum Gasteiger partial charge on any atom is 0.135 e. The first kappa shape index (κ1) is 15.6. The zero-order valence-corrected chi connectivity index (χ0v) is 15.2. The molecule has 0 spiro atoms. The Morgan fingerprint density at radius 3 is 2.54 bits per heavy atom. The second-order valence-electron chi connectivity index (χ2n) is 7.72. The lowest BCUT2D eigenvalue weighted by molar-refractivity contribution is 0.546. The van der Waals surface area contributed by atoms with Gasteiger partial charge in [-0.3, -0.25) is 4.98 Å². The number of aryl methyl sites for hydroxylation is 1. The molecule has 130 valence electrons. The molecule has 5 rings (SSSR count). The van der Waals surface area contributed by atoms with E-state index in [9.17, 15) is 0 Å². The summed E-state index contributed by atoms with van der Waals surface area (Å²) in [5.74, 6) is 0.855. The predicted octanol–water partition coefficient (Wildman–Crippen LogP) is 6.69. The highest BCUT2D eigenvalue weighted by Crippen LogP contribution is 2.33. The quantitative estimate of drug-likeness (QED) is 0.415. The number of benzene rings is 2. The molecule has 0 atom stereocenters. The largest absolute Gasteiger partial charge is 0.456 e. The van der Waals surface area contributed by atoms with E-state index in [-0.39, 0.29) is 0 Å². The van der Waals surface area contributed by atoms with Gasteiger partial charge in [0.1, 0.15) is 11.2 Å². The lowest BCUT2D eigenvalue weighted by Crippen LogP contribution is -1.99. The number of rotatable bonds is 3. The monoisotopic (exact) mass is 341 g/mol. The lowest BCUT2D eigenvalue weighted by Gasteiger charge is -2.10. The Balaban J connectivity index is 1.55. The summed E-state index contributed by atoms with van der Waals surface area (Å²) < 4.78 is 5.99. The molecule has 0 aliphatic heterocycles. The minimum absolute atomic E-state index is 0.855. The Bertz CT molecular complexity index is 1090. The highest BCUT2D eigenvalue weighted by atomic mass is 16.3. The molecular weight excluding hydrogens is 318 g/mol. The maximum absolute atomic E-state index is 5.99. The summed E-state index contributed by atoms with van der Waals surface area (Å²) in [7, 11) is 0. The third-order valence-electron chi connectivity index (χ3n) is 5.74. The van der Waals surface area contributed by atoms with Crippen LogP contribution in [0.1, 0.15) is 36.8 Å². The van der Waals surface area contributed by atoms with Crippen molar-refractivity contribution in [1.29, 1.82) is 0 Å². The normalized spacial score (nSPS) is 15.3. The van der Waals surface area contributed by atoms with Crippen LogP contribution in [0.15, 0.2) is 59.1 Å². The van der Waals surface area contributed by atoms with E-state index in [0.717, 1.165) is 28.3 Å². The molecule has 2 aromatic carbocycles. The highest BCUT2D eigenvalue weighted by molar-refractivity contribution is 6.06. The van der Waals surface area contributed by atoms with E-state index in [1.807, 2.05) is 6.20 Å². The van der Waals surface area contributed by atoms with Crippen LogP contribution in [0.4, 0.5) is 0 Å². The maximum atomic E-state index is 5.99. The number of pyridine rings is 1. The van der Waals surface area contributed by atoms with Crippen LogP contribution in [0.25, 0.3) is 33.2 Å². The average Bonchev–Trinajstić information content (AvgIpc) is 3.29. The third-order valence-corrected chi connectivity index (χ3v) is 5.74. The number of aromatic nitrogens is 1. The number of nitrogens with zero attached hydrogens (tertiary/aromatic N) is 1. The van der Waals surface area contributed by atoms with Crippen LogP contribution >= 0.6 is 0 Å². The third kappa shape index (κ3) is 2.80. The van der Waals surface area contributed by atoms with E-state index >= 15 is 0 Å². The van der Waals surface area contributed by atoms with E-state index < -0.39 is 0 Å². The Hall–Kier alpha value is -2.61. The van der Waals surface area contributed by atoms with Gasteiger partial charge < -0.3 is 4.42 Å². The van der Waals surface area contributed by atoms with E-state index in [1.165, 1.54) is 54.0 Å². The molecular formula is C24H23NO. The van der Waals surface area contributed by atoms with Gasteiger partial charge in [0, 0.05) is 22.5 Å². The smallest absolute Gasteiger partial charge is 0.135 e. The van der Waals surface area contributed by atoms with Crippen molar-refractivity contribution in [2.45, 2.75) is 39.0 Å². The fourth-order valence-corrected chi connectivity index (χ4v) is 4.36. The molecule has 2 heteroatoms. The first-order valence-electron chi connectivity index (χ1n) is 9.64. The predicted molar refractivity (Wildman–Crippen MR) is 107 cm³/mol. The molecule has 2 heterocycles. The van der Waals surface area contributed by atoms with E-state index in [0.29, 0.717) is 0 Å². The van der Waals surface area contributed by atoms with Crippen LogP contribution in [-0.2, 0) is 6.42 Å². The SMILES string of the molecule is Cc1ccc2oc3ccc(-c4cc(CC5CCCC5)ccn4)cc3c2c1. The van der Waals surface area contributed by atoms with Crippen molar-refractivity contribution in [2.75, 3.05) is 0 Å². The number of furan rings is 1. The van der Waals surface area contributed by atoms with Gasteiger partial charge in [0.25, 0.3) is 0 Å². The van der Waals surface area contributed by atoms with Crippen molar-refractivity contribution in [3.63, 3.8) is 0 Å². The molecule has 1 fully saturated rings. The molecule has 2 aromatic heterocycles. The molecule has 0 radical (unpaired) electrons. The van der Waals surface area contributed by atoms with Gasteiger partial charge in [-0.2, -0.15) is 0 Å². The van der Waals surface area contributed by atoms with Crippen molar-refractivity contribution in [3.05, 3.63) is 65.9 Å². The molecule has 0 saturated heterocycles. The van der Waals surface area contributed by atoms with E-state index in [2.05, 4.69) is 60.4 Å². The Morgan fingerprint density at radius 1 is 0.923 bits per heavy atom. The minimum atomic E-state index is 0.855. The summed E-state index contributed by atoms with van der Waals surface area (Å²) in [6.45, 7) is 2.12.